The van der Waals surface area contributed by atoms with Crippen LogP contribution in [0.1, 0.15) is 16.6 Å². The molecule has 0 radical (unpaired) electrons. The molecule has 5 rings (SSSR count). The molecule has 3 heterocycles. The van der Waals surface area contributed by atoms with Crippen LogP contribution in [-0.2, 0) is 14.4 Å². The number of carbonyl (C=O) groups is 2. The average Bonchev–Trinajstić information content (AvgIpc) is 3.07. The molecule has 192 valence electrons. The van der Waals surface area contributed by atoms with Gasteiger partial charge in [0.05, 0.1) is 13.2 Å². The van der Waals surface area contributed by atoms with Crippen LogP contribution < -0.4 is 15.7 Å². The molecular formula is C25H24N4O8. The van der Waals surface area contributed by atoms with Crippen molar-refractivity contribution >= 4 is 17.6 Å². The lowest BCUT2D eigenvalue weighted by Gasteiger charge is -2.39. The molecule has 12 heteroatoms. The Labute approximate surface area is 210 Å². The van der Waals surface area contributed by atoms with E-state index in [-0.39, 0.29) is 19.0 Å². The SMILES string of the molecule is O=C(Nc1ccn(C2OC3(CO)CN(C(=O)COc4ccccc4)OC2C3O)c(=O)n1)c1ccccc1. The van der Waals surface area contributed by atoms with Gasteiger partial charge in [-0.15, -0.1) is 0 Å². The van der Waals surface area contributed by atoms with E-state index in [1.165, 1.54) is 12.3 Å². The predicted molar refractivity (Wildman–Crippen MR) is 127 cm³/mol. The monoisotopic (exact) mass is 508 g/mol. The standard InChI is InChI=1S/C25H24N4O8/c30-15-25-14-29(19(31)13-35-17-9-5-2-6-10-17)37-20(21(25)32)23(36-25)28-12-11-18(27-24(28)34)26-22(33)16-7-3-1-4-8-16/h1-12,20-21,23,30,32H,13-15H2,(H,26,27,33,34). The molecule has 2 fully saturated rings. The van der Waals surface area contributed by atoms with Gasteiger partial charge in [-0.2, -0.15) is 4.98 Å². The molecule has 37 heavy (non-hydrogen) atoms. The summed E-state index contributed by atoms with van der Waals surface area (Å²) in [5, 5.41) is 24.4. The van der Waals surface area contributed by atoms with Gasteiger partial charge in [0.1, 0.15) is 23.3 Å². The number of nitrogens with one attached hydrogen (secondary N) is 1. The molecule has 0 spiro atoms. The number of benzene rings is 2. The molecule has 2 amide bonds. The van der Waals surface area contributed by atoms with E-state index in [0.717, 1.165) is 9.63 Å². The van der Waals surface area contributed by atoms with Crippen LogP contribution in [-0.4, -0.2) is 74.2 Å². The molecule has 3 N–H and O–H groups in total. The van der Waals surface area contributed by atoms with Crippen LogP contribution >= 0.6 is 0 Å². The first kappa shape index (κ1) is 24.6. The second kappa shape index (κ2) is 10.1. The average molecular weight is 508 g/mol. The third kappa shape index (κ3) is 4.82. The van der Waals surface area contributed by atoms with Crippen molar-refractivity contribution in [2.75, 3.05) is 25.1 Å². The van der Waals surface area contributed by atoms with Crippen molar-refractivity contribution in [2.45, 2.75) is 24.0 Å². The topological polar surface area (TPSA) is 152 Å². The van der Waals surface area contributed by atoms with Crippen LogP contribution in [0.4, 0.5) is 5.82 Å². The van der Waals surface area contributed by atoms with E-state index < -0.39 is 48.1 Å². The Bertz CT molecular complexity index is 1340. The molecule has 2 bridgehead atoms. The highest BCUT2D eigenvalue weighted by Gasteiger charge is 2.61. The fourth-order valence-electron chi connectivity index (χ4n) is 4.23. The van der Waals surface area contributed by atoms with Crippen molar-refractivity contribution in [2.24, 2.45) is 0 Å². The molecule has 2 aliphatic rings. The third-order valence-electron chi connectivity index (χ3n) is 6.18. The first-order valence-corrected chi connectivity index (χ1v) is 11.5. The molecule has 0 aliphatic carbocycles. The zero-order valence-electron chi connectivity index (χ0n) is 19.5. The lowest BCUT2D eigenvalue weighted by Crippen LogP contribution is -2.61. The van der Waals surface area contributed by atoms with Crippen molar-refractivity contribution in [3.8, 4) is 5.75 Å². The van der Waals surface area contributed by atoms with Crippen molar-refractivity contribution in [3.05, 3.63) is 89.0 Å². The maximum Gasteiger partial charge on any atom is 0.351 e. The van der Waals surface area contributed by atoms with Crippen LogP contribution in [0.15, 0.2) is 77.7 Å². The van der Waals surface area contributed by atoms with Gasteiger partial charge in [0.25, 0.3) is 11.8 Å². The second-order valence-corrected chi connectivity index (χ2v) is 8.60. The Balaban J connectivity index is 1.32. The summed E-state index contributed by atoms with van der Waals surface area (Å²) in [6.45, 7) is -1.28. The fraction of sp³-hybridized carbons (Fsp3) is 0.280. The molecule has 2 aromatic carbocycles. The number of aliphatic hydroxyl groups excluding tert-OH is 2. The number of nitrogens with zero attached hydrogens (tertiary/aromatic N) is 3. The van der Waals surface area contributed by atoms with E-state index in [1.807, 2.05) is 6.07 Å². The van der Waals surface area contributed by atoms with Crippen molar-refractivity contribution in [1.29, 1.82) is 0 Å². The number of ether oxygens (including phenoxy) is 2. The number of hydrogen-bond donors (Lipinski definition) is 3. The predicted octanol–water partition coefficient (Wildman–Crippen LogP) is 0.338. The highest BCUT2D eigenvalue weighted by Crippen LogP contribution is 2.42. The molecule has 3 aromatic rings. The zero-order valence-corrected chi connectivity index (χ0v) is 19.5. The van der Waals surface area contributed by atoms with Gasteiger partial charge in [-0.3, -0.25) is 19.0 Å². The highest BCUT2D eigenvalue weighted by molar-refractivity contribution is 6.03. The van der Waals surface area contributed by atoms with E-state index >= 15 is 0 Å². The minimum Gasteiger partial charge on any atom is -0.484 e. The number of para-hydroxylation sites is 1. The molecule has 0 saturated carbocycles. The smallest absolute Gasteiger partial charge is 0.351 e. The number of carbonyl (C=O) groups excluding carboxylic acids is 2. The lowest BCUT2D eigenvalue weighted by atomic mass is 9.94. The van der Waals surface area contributed by atoms with Crippen LogP contribution in [0.5, 0.6) is 5.75 Å². The van der Waals surface area contributed by atoms with Crippen LogP contribution in [0.3, 0.4) is 0 Å². The summed E-state index contributed by atoms with van der Waals surface area (Å²) in [7, 11) is 0. The van der Waals surface area contributed by atoms with Gasteiger partial charge < -0.3 is 25.0 Å². The Morgan fingerprint density at radius 2 is 1.81 bits per heavy atom. The quantitative estimate of drug-likeness (QED) is 0.410. The number of anilines is 1. The van der Waals surface area contributed by atoms with Crippen molar-refractivity contribution in [1.82, 2.24) is 14.6 Å². The first-order chi connectivity index (χ1) is 17.9. The minimum atomic E-state index is -1.59. The number of hydrogen-bond acceptors (Lipinski definition) is 9. The van der Waals surface area contributed by atoms with Gasteiger partial charge in [-0.25, -0.2) is 9.86 Å². The number of aromatic nitrogens is 2. The molecule has 12 nitrogen and oxygen atoms in total. The minimum absolute atomic E-state index is 0.0178. The van der Waals surface area contributed by atoms with Gasteiger partial charge in [-0.1, -0.05) is 36.4 Å². The third-order valence-corrected chi connectivity index (χ3v) is 6.18. The number of aliphatic hydroxyl groups is 2. The van der Waals surface area contributed by atoms with Gasteiger partial charge in [0.2, 0.25) is 0 Å². The number of amides is 2. The fourth-order valence-corrected chi connectivity index (χ4v) is 4.23. The lowest BCUT2D eigenvalue weighted by molar-refractivity contribution is -0.260. The van der Waals surface area contributed by atoms with Gasteiger partial charge >= 0.3 is 5.69 Å². The summed E-state index contributed by atoms with van der Waals surface area (Å²) in [5.74, 6) is -0.501. The summed E-state index contributed by atoms with van der Waals surface area (Å²) in [6.07, 6.45) is -2.42. The molecule has 1 aromatic heterocycles. The van der Waals surface area contributed by atoms with Gasteiger partial charge in [0.15, 0.2) is 18.9 Å². The second-order valence-electron chi connectivity index (χ2n) is 8.60. The van der Waals surface area contributed by atoms with E-state index in [9.17, 15) is 24.6 Å². The Morgan fingerprint density at radius 1 is 1.11 bits per heavy atom. The van der Waals surface area contributed by atoms with Crippen molar-refractivity contribution < 1.29 is 34.1 Å². The number of rotatable bonds is 7. The molecule has 4 atom stereocenters. The van der Waals surface area contributed by atoms with Crippen molar-refractivity contribution in [3.63, 3.8) is 0 Å². The van der Waals surface area contributed by atoms with E-state index in [0.29, 0.717) is 11.3 Å². The molecular weight excluding hydrogens is 484 g/mol. The normalized spacial score (nSPS) is 24.5. The first-order valence-electron chi connectivity index (χ1n) is 11.5. The summed E-state index contributed by atoms with van der Waals surface area (Å²) < 4.78 is 12.5. The number of fused-ring (bicyclic) bond motifs is 2. The Morgan fingerprint density at radius 3 is 2.49 bits per heavy atom. The van der Waals surface area contributed by atoms with E-state index in [2.05, 4.69) is 10.3 Å². The maximum atomic E-state index is 12.8. The molecule has 4 unspecified atom stereocenters. The summed E-state index contributed by atoms with van der Waals surface area (Å²) >= 11 is 0. The Hall–Kier alpha value is -4.10. The number of hydroxylamine groups is 2. The maximum absolute atomic E-state index is 12.8. The molecule has 2 saturated heterocycles. The molecule has 2 aliphatic heterocycles. The Kier molecular flexibility index (Phi) is 6.72. The zero-order chi connectivity index (χ0) is 26.0. The van der Waals surface area contributed by atoms with E-state index in [4.69, 9.17) is 14.3 Å². The largest absolute Gasteiger partial charge is 0.484 e. The summed E-state index contributed by atoms with van der Waals surface area (Å²) in [6, 6.07) is 18.5. The van der Waals surface area contributed by atoms with Crippen LogP contribution in [0.25, 0.3) is 0 Å². The van der Waals surface area contributed by atoms with Gasteiger partial charge in [0, 0.05) is 11.8 Å². The summed E-state index contributed by atoms with van der Waals surface area (Å²) in [5.41, 5.74) is -1.99. The highest BCUT2D eigenvalue weighted by atomic mass is 16.7. The van der Waals surface area contributed by atoms with Crippen LogP contribution in [0.2, 0.25) is 0 Å². The van der Waals surface area contributed by atoms with E-state index in [1.54, 1.807) is 54.6 Å². The van der Waals surface area contributed by atoms with Crippen LogP contribution in [0, 0.1) is 0 Å². The van der Waals surface area contributed by atoms with Gasteiger partial charge in [-0.05, 0) is 30.3 Å². The summed E-state index contributed by atoms with van der Waals surface area (Å²) in [4.78, 5) is 47.5.